The Morgan fingerprint density at radius 3 is 2.68 bits per heavy atom. The molecule has 1 aliphatic rings. The van der Waals surface area contributed by atoms with Gasteiger partial charge >= 0.3 is 0 Å². The third-order valence-electron chi connectivity index (χ3n) is 3.18. The lowest BCUT2D eigenvalue weighted by Crippen LogP contribution is -2.25. The van der Waals surface area contributed by atoms with Gasteiger partial charge in [-0.25, -0.2) is 0 Å². The molecule has 0 spiro atoms. The quantitative estimate of drug-likeness (QED) is 0.872. The van der Waals surface area contributed by atoms with Crippen LogP contribution in [0.1, 0.15) is 26.2 Å². The lowest BCUT2D eigenvalue weighted by atomic mass is 10.3. The van der Waals surface area contributed by atoms with Crippen LogP contribution < -0.4 is 10.2 Å². The topological polar surface area (TPSA) is 53.9 Å². The fraction of sp³-hybridized carbons (Fsp3) is 0.750. The molecule has 1 atom stereocenters. The van der Waals surface area contributed by atoms with Crippen LogP contribution in [0.25, 0.3) is 0 Å². The van der Waals surface area contributed by atoms with E-state index < -0.39 is 0 Å². The zero-order valence-electron chi connectivity index (χ0n) is 11.4. The second kappa shape index (κ2) is 7.14. The van der Waals surface area contributed by atoms with E-state index >= 15 is 0 Å². The monoisotopic (exact) mass is 301 g/mol. The van der Waals surface area contributed by atoms with Crippen molar-refractivity contribution in [2.45, 2.75) is 32.2 Å². The number of halogens is 1. The van der Waals surface area contributed by atoms with Crippen molar-refractivity contribution in [3.63, 3.8) is 0 Å². The Kier molecular flexibility index (Phi) is 5.51. The Balaban J connectivity index is 2.11. The van der Waals surface area contributed by atoms with E-state index in [0.29, 0.717) is 17.9 Å². The predicted molar refractivity (Wildman–Crippen MR) is 82.4 cm³/mol. The van der Waals surface area contributed by atoms with Gasteiger partial charge in [-0.15, -0.1) is 0 Å². The zero-order chi connectivity index (χ0) is 13.7. The van der Waals surface area contributed by atoms with Crippen molar-refractivity contribution in [1.82, 2.24) is 15.0 Å². The molecule has 1 saturated heterocycles. The fourth-order valence-corrected chi connectivity index (χ4v) is 2.99. The van der Waals surface area contributed by atoms with Crippen molar-refractivity contribution < 1.29 is 0 Å². The molecular formula is C12H20ClN5S. The summed E-state index contributed by atoms with van der Waals surface area (Å²) in [6, 6.07) is 0.361. The second-order valence-electron chi connectivity index (χ2n) is 4.63. The van der Waals surface area contributed by atoms with Gasteiger partial charge in [-0.05, 0) is 37.1 Å². The highest BCUT2D eigenvalue weighted by Crippen LogP contribution is 2.19. The first-order valence-corrected chi connectivity index (χ1v) is 8.42. The van der Waals surface area contributed by atoms with E-state index in [4.69, 9.17) is 11.6 Å². The van der Waals surface area contributed by atoms with Gasteiger partial charge in [0.1, 0.15) is 0 Å². The van der Waals surface area contributed by atoms with Gasteiger partial charge in [-0.2, -0.15) is 26.7 Å². The summed E-state index contributed by atoms with van der Waals surface area (Å²) in [4.78, 5) is 15.0. The molecule has 106 valence electrons. The van der Waals surface area contributed by atoms with Crippen molar-refractivity contribution in [3.8, 4) is 0 Å². The maximum atomic E-state index is 6.00. The molecule has 0 amide bonds. The van der Waals surface area contributed by atoms with Crippen LogP contribution in [0.15, 0.2) is 0 Å². The van der Waals surface area contributed by atoms with Crippen LogP contribution in [0, 0.1) is 0 Å². The highest BCUT2D eigenvalue weighted by atomic mass is 35.5. The first kappa shape index (κ1) is 14.7. The summed E-state index contributed by atoms with van der Waals surface area (Å²) in [6.07, 6.45) is 5.51. The average molecular weight is 302 g/mol. The van der Waals surface area contributed by atoms with Crippen molar-refractivity contribution in [2.24, 2.45) is 0 Å². The molecule has 0 radical (unpaired) electrons. The number of hydrogen-bond acceptors (Lipinski definition) is 6. The van der Waals surface area contributed by atoms with Crippen LogP contribution in [0.5, 0.6) is 0 Å². The lowest BCUT2D eigenvalue weighted by molar-refractivity contribution is 0.758. The van der Waals surface area contributed by atoms with Gasteiger partial charge in [-0.3, -0.25) is 0 Å². The van der Waals surface area contributed by atoms with Gasteiger partial charge < -0.3 is 10.2 Å². The summed E-state index contributed by atoms with van der Waals surface area (Å²) in [5.74, 6) is 2.31. The first-order valence-electron chi connectivity index (χ1n) is 6.65. The molecule has 2 heterocycles. The number of nitrogens with one attached hydrogen (secondary N) is 1. The van der Waals surface area contributed by atoms with E-state index in [1.54, 1.807) is 0 Å². The summed E-state index contributed by atoms with van der Waals surface area (Å²) in [6.45, 7) is 4.15. The molecule has 1 aromatic heterocycles. The Morgan fingerprint density at radius 1 is 1.32 bits per heavy atom. The van der Waals surface area contributed by atoms with Gasteiger partial charge in [0.15, 0.2) is 0 Å². The average Bonchev–Trinajstić information content (AvgIpc) is 2.91. The minimum absolute atomic E-state index is 0.262. The number of anilines is 2. The normalized spacial score (nSPS) is 16.7. The molecule has 1 fully saturated rings. The van der Waals surface area contributed by atoms with E-state index in [2.05, 4.69) is 38.3 Å². The molecular weight excluding hydrogens is 282 g/mol. The standard InChI is InChI=1S/C12H20ClN5S/c1-3-9(8-19-2)14-11-15-10(13)16-12(17-11)18-6-4-5-7-18/h9H,3-8H2,1-2H3,(H,14,15,16,17). The molecule has 0 aromatic carbocycles. The summed E-state index contributed by atoms with van der Waals surface area (Å²) in [5.41, 5.74) is 0. The molecule has 1 N–H and O–H groups in total. The highest BCUT2D eigenvalue weighted by Gasteiger charge is 2.17. The molecule has 5 nitrogen and oxygen atoms in total. The van der Waals surface area contributed by atoms with Crippen LogP contribution in [-0.4, -0.2) is 46.1 Å². The lowest BCUT2D eigenvalue weighted by Gasteiger charge is -2.18. The van der Waals surface area contributed by atoms with E-state index in [1.807, 2.05) is 11.8 Å². The Morgan fingerprint density at radius 2 is 2.05 bits per heavy atom. The number of aromatic nitrogens is 3. The summed E-state index contributed by atoms with van der Waals surface area (Å²) in [5, 5.41) is 3.60. The minimum atomic E-state index is 0.262. The third-order valence-corrected chi connectivity index (χ3v) is 4.08. The SMILES string of the molecule is CCC(CSC)Nc1nc(Cl)nc(N2CCCC2)n1. The highest BCUT2D eigenvalue weighted by molar-refractivity contribution is 7.98. The molecule has 1 aromatic rings. The first-order chi connectivity index (χ1) is 9.22. The third kappa shape index (κ3) is 4.11. The number of thioether (sulfide) groups is 1. The van der Waals surface area contributed by atoms with Crippen molar-refractivity contribution in [2.75, 3.05) is 35.3 Å². The van der Waals surface area contributed by atoms with Gasteiger partial charge in [0.25, 0.3) is 0 Å². The maximum Gasteiger partial charge on any atom is 0.231 e. The van der Waals surface area contributed by atoms with Gasteiger partial charge in [-0.1, -0.05) is 6.92 Å². The number of nitrogens with zero attached hydrogens (tertiary/aromatic N) is 4. The zero-order valence-corrected chi connectivity index (χ0v) is 13.0. The number of rotatable bonds is 6. The van der Waals surface area contributed by atoms with Crippen LogP contribution in [0.2, 0.25) is 5.28 Å². The van der Waals surface area contributed by atoms with Crippen LogP contribution in [0.3, 0.4) is 0 Å². The van der Waals surface area contributed by atoms with Crippen LogP contribution in [-0.2, 0) is 0 Å². The van der Waals surface area contributed by atoms with E-state index in [0.717, 1.165) is 25.3 Å². The molecule has 1 aliphatic heterocycles. The molecule has 0 bridgehead atoms. The van der Waals surface area contributed by atoms with Crippen LogP contribution >= 0.6 is 23.4 Å². The van der Waals surface area contributed by atoms with Crippen molar-refractivity contribution >= 4 is 35.3 Å². The largest absolute Gasteiger partial charge is 0.350 e. The second-order valence-corrected chi connectivity index (χ2v) is 5.88. The smallest absolute Gasteiger partial charge is 0.231 e. The van der Waals surface area contributed by atoms with Crippen molar-refractivity contribution in [3.05, 3.63) is 5.28 Å². The van der Waals surface area contributed by atoms with E-state index in [9.17, 15) is 0 Å². The maximum absolute atomic E-state index is 6.00. The number of hydrogen-bond donors (Lipinski definition) is 1. The minimum Gasteiger partial charge on any atom is -0.350 e. The van der Waals surface area contributed by atoms with Gasteiger partial charge in [0.2, 0.25) is 17.2 Å². The van der Waals surface area contributed by atoms with Gasteiger partial charge in [0.05, 0.1) is 0 Å². The Hall–Kier alpha value is -0.750. The molecule has 19 heavy (non-hydrogen) atoms. The summed E-state index contributed by atoms with van der Waals surface area (Å²) in [7, 11) is 0. The van der Waals surface area contributed by atoms with E-state index in [1.165, 1.54) is 12.8 Å². The molecule has 7 heteroatoms. The Labute approximate surface area is 123 Å². The van der Waals surface area contributed by atoms with Crippen molar-refractivity contribution in [1.29, 1.82) is 0 Å². The molecule has 1 unspecified atom stereocenters. The molecule has 0 aliphatic carbocycles. The Bertz CT molecular complexity index is 411. The molecule has 2 rings (SSSR count). The van der Waals surface area contributed by atoms with Crippen LogP contribution in [0.4, 0.5) is 11.9 Å². The molecule has 0 saturated carbocycles. The predicted octanol–water partition coefficient (Wildman–Crippen LogP) is 2.68. The van der Waals surface area contributed by atoms with Gasteiger partial charge in [0, 0.05) is 24.9 Å². The van der Waals surface area contributed by atoms with E-state index in [-0.39, 0.29) is 5.28 Å². The summed E-state index contributed by atoms with van der Waals surface area (Å²) < 4.78 is 0. The summed E-state index contributed by atoms with van der Waals surface area (Å²) >= 11 is 7.81. The fourth-order valence-electron chi connectivity index (χ4n) is 2.11.